The minimum atomic E-state index is -0.0768. The van der Waals surface area contributed by atoms with Gasteiger partial charge >= 0.3 is 0 Å². The molecule has 3 nitrogen and oxygen atoms in total. The van der Waals surface area contributed by atoms with Crippen LogP contribution in [0.5, 0.6) is 0 Å². The largest absolute Gasteiger partial charge is 0.396 e. The van der Waals surface area contributed by atoms with Gasteiger partial charge in [0.25, 0.3) is 5.91 Å². The number of aliphatic hydroxyl groups is 1. The van der Waals surface area contributed by atoms with Crippen molar-refractivity contribution in [3.63, 3.8) is 0 Å². The van der Waals surface area contributed by atoms with E-state index in [0.29, 0.717) is 12.0 Å². The van der Waals surface area contributed by atoms with Crippen molar-refractivity contribution in [2.24, 2.45) is 5.41 Å². The summed E-state index contributed by atoms with van der Waals surface area (Å²) in [5, 5.41) is 12.1. The highest BCUT2D eigenvalue weighted by atomic mass is 16.3. The second kappa shape index (κ2) is 6.01. The van der Waals surface area contributed by atoms with E-state index in [1.54, 1.807) is 6.07 Å². The highest BCUT2D eigenvalue weighted by Crippen LogP contribution is 2.22. The summed E-state index contributed by atoms with van der Waals surface area (Å²) >= 11 is 0. The van der Waals surface area contributed by atoms with E-state index in [-0.39, 0.29) is 24.0 Å². The lowest BCUT2D eigenvalue weighted by Crippen LogP contribution is -2.44. The van der Waals surface area contributed by atoms with Gasteiger partial charge in [0.1, 0.15) is 0 Å². The summed E-state index contributed by atoms with van der Waals surface area (Å²) in [6.07, 6.45) is 0.570. The Morgan fingerprint density at radius 3 is 2.56 bits per heavy atom. The van der Waals surface area contributed by atoms with E-state index in [1.165, 1.54) is 0 Å². The maximum atomic E-state index is 12.1. The second-order valence-corrected chi connectivity index (χ2v) is 5.77. The van der Waals surface area contributed by atoms with Gasteiger partial charge in [0.2, 0.25) is 0 Å². The number of aliphatic hydroxyl groups excluding tert-OH is 1. The summed E-state index contributed by atoms with van der Waals surface area (Å²) in [7, 11) is 0. The van der Waals surface area contributed by atoms with Crippen LogP contribution in [0.15, 0.2) is 24.3 Å². The molecule has 0 aliphatic carbocycles. The molecule has 0 unspecified atom stereocenters. The summed E-state index contributed by atoms with van der Waals surface area (Å²) < 4.78 is 0. The van der Waals surface area contributed by atoms with Crippen molar-refractivity contribution in [1.29, 1.82) is 0 Å². The minimum absolute atomic E-state index is 0.0319. The van der Waals surface area contributed by atoms with Crippen molar-refractivity contribution < 1.29 is 9.90 Å². The van der Waals surface area contributed by atoms with Gasteiger partial charge in [-0.1, -0.05) is 38.5 Å². The molecule has 1 aromatic carbocycles. The third-order valence-corrected chi connectivity index (χ3v) is 3.05. The van der Waals surface area contributed by atoms with Crippen LogP contribution in [0.2, 0.25) is 0 Å². The average molecular weight is 249 g/mol. The molecular formula is C15H23NO2. The number of carbonyl (C=O) groups is 1. The monoisotopic (exact) mass is 249 g/mol. The van der Waals surface area contributed by atoms with Crippen LogP contribution in [0.1, 0.15) is 43.1 Å². The lowest BCUT2D eigenvalue weighted by atomic mass is 9.84. The van der Waals surface area contributed by atoms with Gasteiger partial charge in [-0.3, -0.25) is 4.79 Å². The fourth-order valence-corrected chi connectivity index (χ4v) is 1.88. The molecule has 1 aromatic rings. The molecule has 0 bridgehead atoms. The molecule has 1 amide bonds. The summed E-state index contributed by atoms with van der Waals surface area (Å²) in [4.78, 5) is 12.1. The highest BCUT2D eigenvalue weighted by molar-refractivity contribution is 5.94. The molecule has 0 heterocycles. The second-order valence-electron chi connectivity index (χ2n) is 5.77. The number of aryl methyl sites for hydroxylation is 1. The van der Waals surface area contributed by atoms with Gasteiger partial charge in [-0.2, -0.15) is 0 Å². The van der Waals surface area contributed by atoms with Crippen LogP contribution in [0.3, 0.4) is 0 Å². The molecule has 0 saturated carbocycles. The van der Waals surface area contributed by atoms with Crippen LogP contribution in [0, 0.1) is 12.3 Å². The SMILES string of the molecule is Cc1cccc(C(=O)N[C@H](CCO)C(C)(C)C)c1. The third-order valence-electron chi connectivity index (χ3n) is 3.05. The van der Waals surface area contributed by atoms with E-state index in [2.05, 4.69) is 26.1 Å². The maximum absolute atomic E-state index is 12.1. The van der Waals surface area contributed by atoms with Crippen LogP contribution in [-0.2, 0) is 0 Å². The van der Waals surface area contributed by atoms with Crippen molar-refractivity contribution in [3.8, 4) is 0 Å². The van der Waals surface area contributed by atoms with Gasteiger partial charge < -0.3 is 10.4 Å². The number of hydrogen-bond acceptors (Lipinski definition) is 2. The molecule has 3 heteroatoms. The van der Waals surface area contributed by atoms with Crippen LogP contribution >= 0.6 is 0 Å². The molecule has 1 atom stereocenters. The number of nitrogens with one attached hydrogen (secondary N) is 1. The molecular weight excluding hydrogens is 226 g/mol. The Hall–Kier alpha value is -1.35. The van der Waals surface area contributed by atoms with Gasteiger partial charge in [0, 0.05) is 18.2 Å². The van der Waals surface area contributed by atoms with Crippen molar-refractivity contribution in [1.82, 2.24) is 5.32 Å². The molecule has 0 aromatic heterocycles. The molecule has 0 saturated heterocycles. The van der Waals surface area contributed by atoms with Crippen molar-refractivity contribution in [2.45, 2.75) is 40.2 Å². The summed E-state index contributed by atoms with van der Waals surface area (Å²) in [6.45, 7) is 8.22. The van der Waals surface area contributed by atoms with Crippen molar-refractivity contribution in [2.75, 3.05) is 6.61 Å². The zero-order chi connectivity index (χ0) is 13.8. The number of carbonyl (C=O) groups excluding carboxylic acids is 1. The van der Waals surface area contributed by atoms with Crippen molar-refractivity contribution >= 4 is 5.91 Å². The predicted molar refractivity (Wildman–Crippen MR) is 73.6 cm³/mol. The van der Waals surface area contributed by atoms with Gasteiger partial charge in [-0.05, 0) is 30.9 Å². The first-order chi connectivity index (χ1) is 8.34. The van der Waals surface area contributed by atoms with Crippen molar-refractivity contribution in [3.05, 3.63) is 35.4 Å². The highest BCUT2D eigenvalue weighted by Gasteiger charge is 2.25. The first-order valence-electron chi connectivity index (χ1n) is 6.33. The Bertz CT molecular complexity index is 407. The Labute approximate surface area is 109 Å². The van der Waals surface area contributed by atoms with E-state index in [4.69, 9.17) is 5.11 Å². The van der Waals surface area contributed by atoms with Crippen LogP contribution in [-0.4, -0.2) is 23.7 Å². The van der Waals surface area contributed by atoms with E-state index >= 15 is 0 Å². The summed E-state index contributed by atoms with van der Waals surface area (Å²) in [5.41, 5.74) is 1.67. The lowest BCUT2D eigenvalue weighted by molar-refractivity contribution is 0.0885. The number of hydrogen-bond donors (Lipinski definition) is 2. The molecule has 0 spiro atoms. The molecule has 0 aliphatic heterocycles. The van der Waals surface area contributed by atoms with E-state index < -0.39 is 0 Å². The van der Waals surface area contributed by atoms with Crippen LogP contribution in [0.4, 0.5) is 0 Å². The lowest BCUT2D eigenvalue weighted by Gasteiger charge is -2.31. The van der Waals surface area contributed by atoms with E-state index in [0.717, 1.165) is 5.56 Å². The first-order valence-corrected chi connectivity index (χ1v) is 6.33. The number of amides is 1. The number of benzene rings is 1. The molecule has 1 rings (SSSR count). The minimum Gasteiger partial charge on any atom is -0.396 e. The summed E-state index contributed by atoms with van der Waals surface area (Å²) in [5.74, 6) is -0.0768. The van der Waals surface area contributed by atoms with Gasteiger partial charge in [0.05, 0.1) is 0 Å². The Kier molecular flexibility index (Phi) is 4.91. The first kappa shape index (κ1) is 14.7. The predicted octanol–water partition coefficient (Wildman–Crippen LogP) is 2.52. The van der Waals surface area contributed by atoms with E-state index in [1.807, 2.05) is 25.1 Å². The van der Waals surface area contributed by atoms with Crippen LogP contribution in [0.25, 0.3) is 0 Å². The Balaban J connectivity index is 2.79. The smallest absolute Gasteiger partial charge is 0.251 e. The molecule has 2 N–H and O–H groups in total. The topological polar surface area (TPSA) is 49.3 Å². The Morgan fingerprint density at radius 1 is 1.39 bits per heavy atom. The van der Waals surface area contributed by atoms with Gasteiger partial charge in [0.15, 0.2) is 0 Å². The fourth-order valence-electron chi connectivity index (χ4n) is 1.88. The zero-order valence-corrected chi connectivity index (χ0v) is 11.7. The molecule has 18 heavy (non-hydrogen) atoms. The summed E-state index contributed by atoms with van der Waals surface area (Å²) in [6, 6.07) is 7.49. The maximum Gasteiger partial charge on any atom is 0.251 e. The third kappa shape index (κ3) is 4.15. The number of rotatable bonds is 4. The fraction of sp³-hybridized carbons (Fsp3) is 0.533. The van der Waals surface area contributed by atoms with E-state index in [9.17, 15) is 4.79 Å². The standard InChI is InChI=1S/C15H23NO2/c1-11-6-5-7-12(10-11)14(18)16-13(8-9-17)15(2,3)4/h5-7,10,13,17H,8-9H2,1-4H3,(H,16,18)/t13-/m1/s1. The van der Waals surface area contributed by atoms with Gasteiger partial charge in [-0.25, -0.2) is 0 Å². The molecule has 100 valence electrons. The molecule has 0 fully saturated rings. The van der Waals surface area contributed by atoms with Crippen LogP contribution < -0.4 is 5.32 Å². The zero-order valence-electron chi connectivity index (χ0n) is 11.7. The van der Waals surface area contributed by atoms with Gasteiger partial charge in [-0.15, -0.1) is 0 Å². The molecule has 0 radical (unpaired) electrons. The normalized spacial score (nSPS) is 13.2. The quantitative estimate of drug-likeness (QED) is 0.861. The Morgan fingerprint density at radius 2 is 2.06 bits per heavy atom. The molecule has 0 aliphatic rings. The average Bonchev–Trinajstić information content (AvgIpc) is 2.27.